The Labute approximate surface area is 118 Å². The third-order valence-corrected chi connectivity index (χ3v) is 3.19. The van der Waals surface area contributed by atoms with Gasteiger partial charge in [0, 0.05) is 12.1 Å². The van der Waals surface area contributed by atoms with Gasteiger partial charge in [0.2, 0.25) is 5.91 Å². The Morgan fingerprint density at radius 3 is 2.65 bits per heavy atom. The Bertz CT molecular complexity index is 622. The third kappa shape index (κ3) is 3.92. The van der Waals surface area contributed by atoms with Gasteiger partial charge in [-0.15, -0.1) is 0 Å². The van der Waals surface area contributed by atoms with Gasteiger partial charge in [-0.05, 0) is 49.6 Å². The van der Waals surface area contributed by atoms with Gasteiger partial charge in [0.1, 0.15) is 5.82 Å². The van der Waals surface area contributed by atoms with E-state index >= 15 is 0 Å². The number of carbonyl (C=O) groups is 1. The van der Waals surface area contributed by atoms with Crippen molar-refractivity contribution in [2.45, 2.75) is 26.7 Å². The van der Waals surface area contributed by atoms with Crippen LogP contribution >= 0.6 is 0 Å². The molecule has 2 rings (SSSR count). The fraction of sp³-hybridized carbons (Fsp3) is 0.235. The summed E-state index contributed by atoms with van der Waals surface area (Å²) in [5.74, 6) is -0.321. The van der Waals surface area contributed by atoms with E-state index in [1.807, 2.05) is 38.1 Å². The van der Waals surface area contributed by atoms with Gasteiger partial charge in [-0.3, -0.25) is 4.79 Å². The summed E-state index contributed by atoms with van der Waals surface area (Å²) in [4.78, 5) is 11.9. The molecule has 0 radical (unpaired) electrons. The lowest BCUT2D eigenvalue weighted by atomic mass is 10.1. The predicted octanol–water partition coefficient (Wildman–Crippen LogP) is 4.01. The van der Waals surface area contributed by atoms with Crippen LogP contribution in [0.15, 0.2) is 42.5 Å². The van der Waals surface area contributed by atoms with Gasteiger partial charge in [0.15, 0.2) is 0 Å². The van der Waals surface area contributed by atoms with E-state index in [0.717, 1.165) is 16.8 Å². The Balaban J connectivity index is 1.92. The van der Waals surface area contributed by atoms with Crippen molar-refractivity contribution in [2.75, 3.05) is 5.32 Å². The normalized spacial score (nSPS) is 10.3. The molecule has 0 aliphatic rings. The second kappa shape index (κ2) is 6.33. The van der Waals surface area contributed by atoms with Crippen molar-refractivity contribution in [2.24, 2.45) is 0 Å². The highest BCUT2D eigenvalue weighted by molar-refractivity contribution is 5.91. The van der Waals surface area contributed by atoms with Gasteiger partial charge in [-0.25, -0.2) is 4.39 Å². The average molecular weight is 271 g/mol. The molecule has 0 aliphatic heterocycles. The van der Waals surface area contributed by atoms with E-state index in [1.54, 1.807) is 6.07 Å². The van der Waals surface area contributed by atoms with Crippen molar-refractivity contribution in [1.29, 1.82) is 0 Å². The van der Waals surface area contributed by atoms with Crippen molar-refractivity contribution in [3.05, 3.63) is 65.0 Å². The zero-order chi connectivity index (χ0) is 14.5. The molecular formula is C17H18FNO. The first-order valence-corrected chi connectivity index (χ1v) is 6.66. The molecular weight excluding hydrogens is 253 g/mol. The largest absolute Gasteiger partial charge is 0.326 e. The van der Waals surface area contributed by atoms with Crippen LogP contribution < -0.4 is 5.32 Å². The summed E-state index contributed by atoms with van der Waals surface area (Å²) >= 11 is 0. The lowest BCUT2D eigenvalue weighted by Crippen LogP contribution is -2.13. The molecule has 2 nitrogen and oxygen atoms in total. The number of aryl methyl sites for hydroxylation is 3. The minimum absolute atomic E-state index is 0.0544. The summed E-state index contributed by atoms with van der Waals surface area (Å²) in [5, 5.41) is 2.89. The second-order valence-corrected chi connectivity index (χ2v) is 5.00. The maximum Gasteiger partial charge on any atom is 0.224 e. The number of rotatable bonds is 4. The summed E-state index contributed by atoms with van der Waals surface area (Å²) in [6.07, 6.45) is 0.880. The van der Waals surface area contributed by atoms with Crippen LogP contribution in [0.1, 0.15) is 23.1 Å². The highest BCUT2D eigenvalue weighted by Gasteiger charge is 2.05. The van der Waals surface area contributed by atoms with Crippen molar-refractivity contribution in [3.8, 4) is 0 Å². The van der Waals surface area contributed by atoms with Gasteiger partial charge >= 0.3 is 0 Å². The highest BCUT2D eigenvalue weighted by atomic mass is 19.1. The van der Waals surface area contributed by atoms with Gasteiger partial charge in [-0.1, -0.05) is 29.8 Å². The minimum atomic E-state index is -0.266. The standard InChI is InChI=1S/C17H18FNO/c1-12-6-8-16(13(2)10-12)19-17(20)9-7-14-4-3-5-15(18)11-14/h3-6,8,10-11H,7,9H2,1-2H3,(H,19,20). The fourth-order valence-electron chi connectivity index (χ4n) is 2.12. The Morgan fingerprint density at radius 2 is 1.95 bits per heavy atom. The molecule has 1 amide bonds. The molecule has 0 fully saturated rings. The number of hydrogen-bond acceptors (Lipinski definition) is 1. The van der Waals surface area contributed by atoms with Crippen LogP contribution in [0.2, 0.25) is 0 Å². The molecule has 0 saturated carbocycles. The molecule has 2 aromatic carbocycles. The van der Waals surface area contributed by atoms with Crippen LogP contribution in [-0.4, -0.2) is 5.91 Å². The lowest BCUT2D eigenvalue weighted by Gasteiger charge is -2.09. The quantitative estimate of drug-likeness (QED) is 0.894. The molecule has 1 N–H and O–H groups in total. The zero-order valence-corrected chi connectivity index (χ0v) is 11.7. The van der Waals surface area contributed by atoms with Crippen LogP contribution in [0.25, 0.3) is 0 Å². The van der Waals surface area contributed by atoms with Gasteiger partial charge < -0.3 is 5.32 Å². The monoisotopic (exact) mass is 271 g/mol. The summed E-state index contributed by atoms with van der Waals surface area (Å²) in [6, 6.07) is 12.3. The highest BCUT2D eigenvalue weighted by Crippen LogP contribution is 2.16. The van der Waals surface area contributed by atoms with Gasteiger partial charge in [-0.2, -0.15) is 0 Å². The molecule has 0 heterocycles. The van der Waals surface area contributed by atoms with E-state index in [1.165, 1.54) is 17.7 Å². The smallest absolute Gasteiger partial charge is 0.224 e. The van der Waals surface area contributed by atoms with Crippen molar-refractivity contribution < 1.29 is 9.18 Å². The first kappa shape index (κ1) is 14.3. The summed E-state index contributed by atoms with van der Waals surface area (Å²) in [6.45, 7) is 3.98. The third-order valence-electron chi connectivity index (χ3n) is 3.19. The Hall–Kier alpha value is -2.16. The molecule has 2 aromatic rings. The second-order valence-electron chi connectivity index (χ2n) is 5.00. The van der Waals surface area contributed by atoms with E-state index < -0.39 is 0 Å². The Kier molecular flexibility index (Phi) is 4.51. The van der Waals surface area contributed by atoms with Crippen LogP contribution in [-0.2, 0) is 11.2 Å². The van der Waals surface area contributed by atoms with Crippen LogP contribution in [0, 0.1) is 19.7 Å². The number of benzene rings is 2. The number of nitrogens with one attached hydrogen (secondary N) is 1. The molecule has 0 unspecified atom stereocenters. The summed E-state index contributed by atoms with van der Waals surface area (Å²) in [7, 11) is 0. The Morgan fingerprint density at radius 1 is 1.15 bits per heavy atom. The first-order valence-electron chi connectivity index (χ1n) is 6.66. The van der Waals surface area contributed by atoms with Crippen molar-refractivity contribution in [1.82, 2.24) is 0 Å². The van der Waals surface area contributed by atoms with Crippen LogP contribution in [0.3, 0.4) is 0 Å². The molecule has 0 aliphatic carbocycles. The average Bonchev–Trinajstić information content (AvgIpc) is 2.40. The van der Waals surface area contributed by atoms with E-state index in [4.69, 9.17) is 0 Å². The van der Waals surface area contributed by atoms with E-state index in [0.29, 0.717) is 12.8 Å². The molecule has 0 saturated heterocycles. The number of hydrogen-bond donors (Lipinski definition) is 1. The summed E-state index contributed by atoms with van der Waals surface area (Å²) < 4.78 is 13.0. The number of halogens is 1. The molecule has 20 heavy (non-hydrogen) atoms. The van der Waals surface area contributed by atoms with Crippen molar-refractivity contribution >= 4 is 11.6 Å². The molecule has 0 atom stereocenters. The van der Waals surface area contributed by atoms with Crippen LogP contribution in [0.5, 0.6) is 0 Å². The molecule has 104 valence electrons. The molecule has 3 heteroatoms. The number of carbonyl (C=O) groups excluding carboxylic acids is 1. The topological polar surface area (TPSA) is 29.1 Å². The molecule has 0 spiro atoms. The number of anilines is 1. The lowest BCUT2D eigenvalue weighted by molar-refractivity contribution is -0.116. The maximum absolute atomic E-state index is 13.0. The number of amides is 1. The minimum Gasteiger partial charge on any atom is -0.326 e. The summed E-state index contributed by atoms with van der Waals surface area (Å²) in [5.41, 5.74) is 3.88. The van der Waals surface area contributed by atoms with Gasteiger partial charge in [0.05, 0.1) is 0 Å². The van der Waals surface area contributed by atoms with Crippen LogP contribution in [0.4, 0.5) is 10.1 Å². The van der Waals surface area contributed by atoms with E-state index in [9.17, 15) is 9.18 Å². The maximum atomic E-state index is 13.0. The van der Waals surface area contributed by atoms with E-state index in [-0.39, 0.29) is 11.7 Å². The van der Waals surface area contributed by atoms with Gasteiger partial charge in [0.25, 0.3) is 0 Å². The SMILES string of the molecule is Cc1ccc(NC(=O)CCc2cccc(F)c2)c(C)c1. The predicted molar refractivity (Wildman–Crippen MR) is 79.3 cm³/mol. The first-order chi connectivity index (χ1) is 9.54. The molecule has 0 aromatic heterocycles. The zero-order valence-electron chi connectivity index (χ0n) is 11.7. The fourth-order valence-corrected chi connectivity index (χ4v) is 2.12. The van der Waals surface area contributed by atoms with E-state index in [2.05, 4.69) is 5.32 Å². The van der Waals surface area contributed by atoms with Crippen molar-refractivity contribution in [3.63, 3.8) is 0 Å². The molecule has 0 bridgehead atoms.